The Morgan fingerprint density at radius 3 is 2.24 bits per heavy atom. The molecule has 0 saturated carbocycles. The second kappa shape index (κ2) is 10.8. The maximum atomic E-state index is 12.7. The molecule has 34 heavy (non-hydrogen) atoms. The zero-order chi connectivity index (χ0) is 24.7. The van der Waals surface area contributed by atoms with E-state index in [4.69, 9.17) is 14.2 Å². The van der Waals surface area contributed by atoms with E-state index in [9.17, 15) is 13.2 Å². The Kier molecular flexibility index (Phi) is 7.90. The summed E-state index contributed by atoms with van der Waals surface area (Å²) in [6.07, 6.45) is 0. The van der Waals surface area contributed by atoms with Crippen LogP contribution in [0.2, 0.25) is 0 Å². The largest absolute Gasteiger partial charge is 0.484 e. The first kappa shape index (κ1) is 24.8. The number of aromatic nitrogens is 2. The van der Waals surface area contributed by atoms with E-state index in [1.54, 1.807) is 0 Å². The van der Waals surface area contributed by atoms with Crippen LogP contribution in [-0.2, 0) is 14.8 Å². The van der Waals surface area contributed by atoms with Crippen molar-refractivity contribution in [1.82, 2.24) is 9.97 Å². The number of nitrogens with one attached hydrogen (secondary N) is 2. The molecule has 1 aromatic heterocycles. The quantitative estimate of drug-likeness (QED) is 0.446. The highest BCUT2D eigenvalue weighted by atomic mass is 32.2. The van der Waals surface area contributed by atoms with E-state index >= 15 is 0 Å². The smallest absolute Gasteiger partial charge is 0.321 e. The fourth-order valence-electron chi connectivity index (χ4n) is 2.86. The van der Waals surface area contributed by atoms with Gasteiger partial charge in [-0.05, 0) is 47.9 Å². The molecule has 10 nitrogen and oxygen atoms in total. The fraction of sp³-hybridized carbons (Fsp3) is 0.261. The number of carbonyl (C=O) groups is 1. The van der Waals surface area contributed by atoms with Gasteiger partial charge in [0.05, 0.1) is 19.1 Å². The topological polar surface area (TPSA) is 129 Å². The van der Waals surface area contributed by atoms with E-state index in [2.05, 4.69) is 33.9 Å². The van der Waals surface area contributed by atoms with Crippen LogP contribution in [-0.4, -0.2) is 45.1 Å². The Balaban J connectivity index is 1.60. The third kappa shape index (κ3) is 6.58. The number of methoxy groups -OCH3 is 2. The number of sulfonamides is 1. The molecule has 0 radical (unpaired) electrons. The van der Waals surface area contributed by atoms with Gasteiger partial charge in [0.2, 0.25) is 5.88 Å². The van der Waals surface area contributed by atoms with Gasteiger partial charge in [-0.3, -0.25) is 9.52 Å². The molecular weight excluding hydrogens is 460 g/mol. The standard InChI is InChI=1S/C23H26N4O6S/c1-15(2)16-5-9-18(10-6-16)33-14-21(28)24-17-7-11-19(12-8-17)34(29,30)27-20-13-22(31-3)26-23(25-20)32-4/h5-13,15H,14H2,1-4H3,(H,24,28)(H,25,26,27). The lowest BCUT2D eigenvalue weighted by Gasteiger charge is -2.11. The van der Waals surface area contributed by atoms with Crippen LogP contribution in [0.1, 0.15) is 25.3 Å². The van der Waals surface area contributed by atoms with Gasteiger partial charge in [-0.2, -0.15) is 9.97 Å². The van der Waals surface area contributed by atoms with Gasteiger partial charge in [-0.25, -0.2) is 8.42 Å². The number of nitrogens with zero attached hydrogens (tertiary/aromatic N) is 2. The van der Waals surface area contributed by atoms with Crippen LogP contribution in [0, 0.1) is 0 Å². The summed E-state index contributed by atoms with van der Waals surface area (Å²) in [6, 6.07) is 14.5. The van der Waals surface area contributed by atoms with E-state index in [1.807, 2.05) is 24.3 Å². The van der Waals surface area contributed by atoms with Crippen molar-refractivity contribution in [3.8, 4) is 17.6 Å². The monoisotopic (exact) mass is 486 g/mol. The highest BCUT2D eigenvalue weighted by Gasteiger charge is 2.17. The van der Waals surface area contributed by atoms with Crippen LogP contribution in [0.5, 0.6) is 17.6 Å². The van der Waals surface area contributed by atoms with Gasteiger partial charge < -0.3 is 19.5 Å². The number of hydrogen-bond acceptors (Lipinski definition) is 8. The number of rotatable bonds is 10. The average Bonchev–Trinajstić information content (AvgIpc) is 2.82. The number of hydrogen-bond donors (Lipinski definition) is 2. The van der Waals surface area contributed by atoms with Crippen molar-refractivity contribution < 1.29 is 27.4 Å². The number of benzene rings is 2. The van der Waals surface area contributed by atoms with Gasteiger partial charge in [0.1, 0.15) is 5.75 Å². The molecule has 0 bridgehead atoms. The third-order valence-electron chi connectivity index (χ3n) is 4.68. The summed E-state index contributed by atoms with van der Waals surface area (Å²) >= 11 is 0. The summed E-state index contributed by atoms with van der Waals surface area (Å²) in [5, 5.41) is 2.67. The summed E-state index contributed by atoms with van der Waals surface area (Å²) in [6.45, 7) is 4.01. The van der Waals surface area contributed by atoms with Crippen LogP contribution in [0.3, 0.4) is 0 Å². The summed E-state index contributed by atoms with van der Waals surface area (Å²) in [5.74, 6) is 0.748. The molecule has 0 fully saturated rings. The first-order valence-electron chi connectivity index (χ1n) is 10.3. The summed E-state index contributed by atoms with van der Waals surface area (Å²) < 4.78 is 43.2. The van der Waals surface area contributed by atoms with Crippen molar-refractivity contribution in [1.29, 1.82) is 0 Å². The number of carbonyl (C=O) groups excluding carboxylic acids is 1. The zero-order valence-electron chi connectivity index (χ0n) is 19.2. The summed E-state index contributed by atoms with van der Waals surface area (Å²) in [5.41, 5.74) is 1.60. The molecule has 2 N–H and O–H groups in total. The van der Waals surface area contributed by atoms with Crippen LogP contribution in [0.15, 0.2) is 59.5 Å². The van der Waals surface area contributed by atoms with Gasteiger partial charge in [0.15, 0.2) is 12.4 Å². The predicted octanol–water partition coefficient (Wildman–Crippen LogP) is 3.44. The minimum Gasteiger partial charge on any atom is -0.484 e. The summed E-state index contributed by atoms with van der Waals surface area (Å²) in [4.78, 5) is 20.0. The molecule has 0 aliphatic heterocycles. The molecule has 1 heterocycles. The molecule has 180 valence electrons. The highest BCUT2D eigenvalue weighted by molar-refractivity contribution is 7.92. The van der Waals surface area contributed by atoms with Crippen LogP contribution >= 0.6 is 0 Å². The van der Waals surface area contributed by atoms with Crippen molar-refractivity contribution in [3.05, 3.63) is 60.2 Å². The molecule has 0 saturated heterocycles. The van der Waals surface area contributed by atoms with Crippen molar-refractivity contribution in [3.63, 3.8) is 0 Å². The van der Waals surface area contributed by atoms with Gasteiger partial charge in [-0.15, -0.1) is 0 Å². The average molecular weight is 487 g/mol. The van der Waals surface area contributed by atoms with Gasteiger partial charge in [0, 0.05) is 11.8 Å². The lowest BCUT2D eigenvalue weighted by atomic mass is 10.0. The highest BCUT2D eigenvalue weighted by Crippen LogP contribution is 2.22. The van der Waals surface area contributed by atoms with Crippen molar-refractivity contribution in [2.75, 3.05) is 30.9 Å². The first-order chi connectivity index (χ1) is 16.2. The second-order valence-corrected chi connectivity index (χ2v) is 9.16. The molecule has 2 aromatic carbocycles. The van der Waals surface area contributed by atoms with Gasteiger partial charge in [-0.1, -0.05) is 26.0 Å². The molecule has 0 aliphatic carbocycles. The predicted molar refractivity (Wildman–Crippen MR) is 127 cm³/mol. The number of anilines is 2. The maximum absolute atomic E-state index is 12.7. The molecule has 1 amide bonds. The molecule has 3 aromatic rings. The SMILES string of the molecule is COc1cc(NS(=O)(=O)c2ccc(NC(=O)COc3ccc(C(C)C)cc3)cc2)nc(OC)n1. The zero-order valence-corrected chi connectivity index (χ0v) is 20.0. The van der Waals surface area contributed by atoms with Crippen LogP contribution in [0.25, 0.3) is 0 Å². The Morgan fingerprint density at radius 1 is 0.971 bits per heavy atom. The molecular formula is C23H26N4O6S. The van der Waals surface area contributed by atoms with E-state index in [-0.39, 0.29) is 35.1 Å². The Bertz CT molecular complexity index is 1210. The third-order valence-corrected chi connectivity index (χ3v) is 6.05. The summed E-state index contributed by atoms with van der Waals surface area (Å²) in [7, 11) is -1.21. The van der Waals surface area contributed by atoms with Crippen molar-refractivity contribution >= 4 is 27.4 Å². The molecule has 0 spiro atoms. The van der Waals surface area contributed by atoms with E-state index < -0.39 is 10.0 Å². The lowest BCUT2D eigenvalue weighted by Crippen LogP contribution is -2.20. The van der Waals surface area contributed by atoms with Crippen molar-refractivity contribution in [2.24, 2.45) is 0 Å². The Hall–Kier alpha value is -3.86. The van der Waals surface area contributed by atoms with E-state index in [0.717, 1.165) is 0 Å². The number of amides is 1. The van der Waals surface area contributed by atoms with Crippen molar-refractivity contribution in [2.45, 2.75) is 24.7 Å². The normalized spacial score (nSPS) is 11.1. The first-order valence-corrected chi connectivity index (χ1v) is 11.8. The second-order valence-electron chi connectivity index (χ2n) is 7.47. The maximum Gasteiger partial charge on any atom is 0.321 e. The molecule has 0 aliphatic rings. The molecule has 0 atom stereocenters. The lowest BCUT2D eigenvalue weighted by molar-refractivity contribution is -0.118. The van der Waals surface area contributed by atoms with Crippen LogP contribution < -0.4 is 24.2 Å². The van der Waals surface area contributed by atoms with Gasteiger partial charge >= 0.3 is 6.01 Å². The minimum atomic E-state index is -3.95. The van der Waals surface area contributed by atoms with E-state index in [1.165, 1.54) is 50.1 Å². The van der Waals surface area contributed by atoms with Crippen LogP contribution in [0.4, 0.5) is 11.5 Å². The Labute approximate surface area is 198 Å². The molecule has 0 unspecified atom stereocenters. The molecule has 11 heteroatoms. The van der Waals surface area contributed by atoms with E-state index in [0.29, 0.717) is 17.4 Å². The van der Waals surface area contributed by atoms with Gasteiger partial charge in [0.25, 0.3) is 15.9 Å². The molecule has 3 rings (SSSR count). The number of ether oxygens (including phenoxy) is 3. The Morgan fingerprint density at radius 2 is 1.65 bits per heavy atom. The fourth-order valence-corrected chi connectivity index (χ4v) is 3.85. The minimum absolute atomic E-state index is 0.0142.